The van der Waals surface area contributed by atoms with Gasteiger partial charge in [-0.2, -0.15) is 13.2 Å². The molecule has 5 heteroatoms. The van der Waals surface area contributed by atoms with Crippen molar-refractivity contribution in [2.45, 2.75) is 45.2 Å². The van der Waals surface area contributed by atoms with Crippen molar-refractivity contribution in [1.29, 1.82) is 0 Å². The first-order valence-corrected chi connectivity index (χ1v) is 7.77. The average Bonchev–Trinajstić information content (AvgIpc) is 2.58. The lowest BCUT2D eigenvalue weighted by Crippen LogP contribution is -2.25. The van der Waals surface area contributed by atoms with E-state index in [1.807, 2.05) is 0 Å². The van der Waals surface area contributed by atoms with Crippen LogP contribution in [0.4, 0.5) is 18.9 Å². The van der Waals surface area contributed by atoms with Crippen molar-refractivity contribution < 1.29 is 13.2 Å². The molecule has 0 unspecified atom stereocenters. The molecule has 0 saturated carbocycles. The molecule has 1 nitrogen and oxygen atoms in total. The van der Waals surface area contributed by atoms with E-state index in [0.717, 1.165) is 32.4 Å². The van der Waals surface area contributed by atoms with Crippen molar-refractivity contribution in [3.05, 3.63) is 29.3 Å². The first-order chi connectivity index (χ1) is 9.73. The maximum absolute atomic E-state index is 13.1. The highest BCUT2D eigenvalue weighted by Gasteiger charge is 2.34. The van der Waals surface area contributed by atoms with Crippen LogP contribution >= 0.6 is 11.6 Å². The summed E-state index contributed by atoms with van der Waals surface area (Å²) in [6.07, 6.45) is -1.25. The number of benzene rings is 1. The molecule has 0 atom stereocenters. The van der Waals surface area contributed by atoms with Crippen LogP contribution in [0.15, 0.2) is 18.2 Å². The maximum Gasteiger partial charge on any atom is 0.416 e. The molecule has 0 aromatic heterocycles. The molecule has 0 spiro atoms. The van der Waals surface area contributed by atoms with Gasteiger partial charge >= 0.3 is 6.18 Å². The highest BCUT2D eigenvalue weighted by atomic mass is 35.5. The molecule has 1 aliphatic heterocycles. The van der Waals surface area contributed by atoms with Gasteiger partial charge in [-0.05, 0) is 42.4 Å². The second kappa shape index (κ2) is 6.07. The molecule has 1 aromatic rings. The zero-order chi connectivity index (χ0) is 15.7. The van der Waals surface area contributed by atoms with Gasteiger partial charge in [0.1, 0.15) is 0 Å². The topological polar surface area (TPSA) is 3.24 Å². The van der Waals surface area contributed by atoms with Crippen LogP contribution in [0.1, 0.15) is 44.2 Å². The summed E-state index contributed by atoms with van der Waals surface area (Å²) in [6, 6.07) is 4.50. The largest absolute Gasteiger partial charge is 0.416 e. The minimum Gasteiger partial charge on any atom is -0.372 e. The Kier molecular flexibility index (Phi) is 4.76. The summed E-state index contributed by atoms with van der Waals surface area (Å²) >= 11 is 5.63. The average molecular weight is 320 g/mol. The van der Waals surface area contributed by atoms with Crippen LogP contribution in [0.3, 0.4) is 0 Å². The Morgan fingerprint density at radius 2 is 1.90 bits per heavy atom. The third kappa shape index (κ3) is 4.06. The Labute approximate surface area is 129 Å². The monoisotopic (exact) mass is 319 g/mol. The van der Waals surface area contributed by atoms with Crippen molar-refractivity contribution in [3.63, 3.8) is 0 Å². The molecule has 1 saturated heterocycles. The summed E-state index contributed by atoms with van der Waals surface area (Å²) in [4.78, 5) is 2.06. The Morgan fingerprint density at radius 1 is 1.19 bits per heavy atom. The van der Waals surface area contributed by atoms with Crippen molar-refractivity contribution in [3.8, 4) is 0 Å². The molecule has 1 aliphatic rings. The number of hydrogen-bond donors (Lipinski definition) is 0. The zero-order valence-corrected chi connectivity index (χ0v) is 13.2. The molecule has 1 heterocycles. The summed E-state index contributed by atoms with van der Waals surface area (Å²) in [5.74, 6) is -0.123. The van der Waals surface area contributed by atoms with Gasteiger partial charge in [0.25, 0.3) is 0 Å². The Morgan fingerprint density at radius 3 is 2.52 bits per heavy atom. The second-order valence-electron chi connectivity index (χ2n) is 6.48. The highest BCUT2D eigenvalue weighted by molar-refractivity contribution is 6.17. The van der Waals surface area contributed by atoms with E-state index < -0.39 is 11.7 Å². The number of anilines is 1. The van der Waals surface area contributed by atoms with Gasteiger partial charge in [-0.1, -0.05) is 19.9 Å². The van der Waals surface area contributed by atoms with Crippen molar-refractivity contribution >= 4 is 17.3 Å². The number of halogens is 4. The predicted octanol–water partition coefficient (Wildman–Crippen LogP) is 5.46. The summed E-state index contributed by atoms with van der Waals surface area (Å²) in [5, 5.41) is 0. The molecule has 1 aromatic carbocycles. The van der Waals surface area contributed by atoms with Crippen LogP contribution < -0.4 is 4.90 Å². The predicted molar refractivity (Wildman–Crippen MR) is 80.8 cm³/mol. The fraction of sp³-hybridized carbons (Fsp3) is 0.625. The molecule has 118 valence electrons. The summed E-state index contributed by atoms with van der Waals surface area (Å²) in [7, 11) is 0. The lowest BCUT2D eigenvalue weighted by molar-refractivity contribution is -0.138. The molecule has 0 aliphatic carbocycles. The number of hydrogen-bond acceptors (Lipinski definition) is 1. The van der Waals surface area contributed by atoms with Gasteiger partial charge in [0, 0.05) is 24.7 Å². The SMILES string of the molecule is CC1(C)CCCN(c2ccc(CCl)c(C(F)(F)F)c2)CC1. The Hall–Kier alpha value is -0.900. The van der Waals surface area contributed by atoms with Crippen LogP contribution in [-0.2, 0) is 12.1 Å². The van der Waals surface area contributed by atoms with Crippen LogP contribution in [0.25, 0.3) is 0 Å². The first kappa shape index (κ1) is 16.5. The summed E-state index contributed by atoms with van der Waals surface area (Å²) in [6.45, 7) is 6.04. The van der Waals surface area contributed by atoms with Gasteiger partial charge in [0.05, 0.1) is 5.56 Å². The van der Waals surface area contributed by atoms with E-state index in [0.29, 0.717) is 5.69 Å². The van der Waals surface area contributed by atoms with Crippen molar-refractivity contribution in [2.75, 3.05) is 18.0 Å². The Balaban J connectivity index is 2.28. The minimum absolute atomic E-state index is 0.123. The maximum atomic E-state index is 13.1. The molecular formula is C16H21ClF3N. The van der Waals surface area contributed by atoms with Gasteiger partial charge in [-0.25, -0.2) is 0 Å². The molecule has 0 radical (unpaired) electrons. The third-order valence-electron chi connectivity index (χ3n) is 4.25. The zero-order valence-electron chi connectivity index (χ0n) is 12.4. The van der Waals surface area contributed by atoms with E-state index in [4.69, 9.17) is 11.6 Å². The van der Waals surface area contributed by atoms with Crippen molar-refractivity contribution in [1.82, 2.24) is 0 Å². The smallest absolute Gasteiger partial charge is 0.372 e. The number of alkyl halides is 4. The van der Waals surface area contributed by atoms with E-state index in [1.165, 1.54) is 12.1 Å². The van der Waals surface area contributed by atoms with Crippen LogP contribution in [0.5, 0.6) is 0 Å². The van der Waals surface area contributed by atoms with Crippen LogP contribution in [-0.4, -0.2) is 13.1 Å². The summed E-state index contributed by atoms with van der Waals surface area (Å²) < 4.78 is 39.3. The number of nitrogens with zero attached hydrogens (tertiary/aromatic N) is 1. The molecule has 0 N–H and O–H groups in total. The van der Waals surface area contributed by atoms with Gasteiger partial charge in [0.2, 0.25) is 0 Å². The lowest BCUT2D eigenvalue weighted by atomic mass is 9.85. The van der Waals surface area contributed by atoms with E-state index in [2.05, 4.69) is 18.7 Å². The lowest BCUT2D eigenvalue weighted by Gasteiger charge is -2.26. The first-order valence-electron chi connectivity index (χ1n) is 7.24. The normalized spacial score (nSPS) is 19.4. The molecule has 0 bridgehead atoms. The Bertz CT molecular complexity index is 497. The molecule has 21 heavy (non-hydrogen) atoms. The fourth-order valence-electron chi connectivity index (χ4n) is 2.82. The second-order valence-corrected chi connectivity index (χ2v) is 6.74. The van der Waals surface area contributed by atoms with Gasteiger partial charge in [-0.3, -0.25) is 0 Å². The molecule has 1 fully saturated rings. The van der Waals surface area contributed by atoms with E-state index in [9.17, 15) is 13.2 Å². The van der Waals surface area contributed by atoms with Crippen LogP contribution in [0, 0.1) is 5.41 Å². The number of rotatable bonds is 2. The molecular weight excluding hydrogens is 299 g/mol. The van der Waals surface area contributed by atoms with E-state index >= 15 is 0 Å². The van der Waals surface area contributed by atoms with Gasteiger partial charge < -0.3 is 4.90 Å². The van der Waals surface area contributed by atoms with E-state index in [1.54, 1.807) is 6.07 Å². The van der Waals surface area contributed by atoms with Gasteiger partial charge in [0.15, 0.2) is 0 Å². The molecule has 0 amide bonds. The van der Waals surface area contributed by atoms with E-state index in [-0.39, 0.29) is 16.9 Å². The van der Waals surface area contributed by atoms with Crippen LogP contribution in [0.2, 0.25) is 0 Å². The standard InChI is InChI=1S/C16H21ClF3N/c1-15(2)6-3-8-21(9-7-15)13-5-4-12(11-17)14(10-13)16(18,19)20/h4-5,10H,3,6-9,11H2,1-2H3. The quantitative estimate of drug-likeness (QED) is 0.654. The molecule has 2 rings (SSSR count). The van der Waals surface area contributed by atoms with Gasteiger partial charge in [-0.15, -0.1) is 11.6 Å². The highest BCUT2D eigenvalue weighted by Crippen LogP contribution is 2.37. The minimum atomic E-state index is -4.36. The summed E-state index contributed by atoms with van der Waals surface area (Å²) in [5.41, 5.74) is 0.438. The van der Waals surface area contributed by atoms with Crippen molar-refractivity contribution in [2.24, 2.45) is 5.41 Å². The fourth-order valence-corrected chi connectivity index (χ4v) is 3.06. The third-order valence-corrected chi connectivity index (χ3v) is 4.54.